The predicted molar refractivity (Wildman–Crippen MR) is 166 cm³/mol. The van der Waals surface area contributed by atoms with E-state index >= 15 is 0 Å². The fraction of sp³-hybridized carbons (Fsp3) is 0.0588. The molecule has 10 heteroatoms. The molecule has 0 bridgehead atoms. The number of aliphatic hydroxyl groups excluding tert-OH is 1. The number of fused-ring (bicyclic) bond motifs is 6. The van der Waals surface area contributed by atoms with Crippen LogP contribution in [-0.4, -0.2) is 26.5 Å². The number of amides is 1. The van der Waals surface area contributed by atoms with Crippen molar-refractivity contribution in [1.29, 1.82) is 0 Å². The molecule has 2 aliphatic heterocycles. The Balaban J connectivity index is 1.19. The van der Waals surface area contributed by atoms with Gasteiger partial charge in [0.05, 0.1) is 29.9 Å². The van der Waals surface area contributed by atoms with Gasteiger partial charge < -0.3 is 9.84 Å². The van der Waals surface area contributed by atoms with Gasteiger partial charge in [0, 0.05) is 20.9 Å². The second-order valence-electron chi connectivity index (χ2n) is 10.6. The highest BCUT2D eigenvalue weighted by Crippen LogP contribution is 2.48. The zero-order valence-corrected chi connectivity index (χ0v) is 24.0. The van der Waals surface area contributed by atoms with Crippen molar-refractivity contribution in [2.24, 2.45) is 7.05 Å². The molecule has 3 heterocycles. The maximum absolute atomic E-state index is 13.6. The van der Waals surface area contributed by atoms with Crippen LogP contribution in [0.5, 0.6) is 5.75 Å². The van der Waals surface area contributed by atoms with Gasteiger partial charge in [-0.05, 0) is 48.0 Å². The lowest BCUT2D eigenvalue weighted by atomic mass is 9.81. The van der Waals surface area contributed by atoms with Crippen LogP contribution in [0.4, 0.5) is 22.0 Å². The van der Waals surface area contributed by atoms with E-state index in [0.29, 0.717) is 39.5 Å². The van der Waals surface area contributed by atoms with Crippen molar-refractivity contribution in [3.8, 4) is 5.75 Å². The zero-order chi connectivity index (χ0) is 30.1. The van der Waals surface area contributed by atoms with E-state index in [-0.39, 0.29) is 5.76 Å². The minimum Gasteiger partial charge on any atom is -0.507 e. The standard InChI is InChI=1S/C34H22N4O5S/c1-37-31-28(32(40)36-33(37)41)26(27-29(35-31)20-8-2-3-9-21(20)30(27)39)18-14-16-19(17-15-18)43-34(42)38-22-10-4-6-12-24(22)44-25-13-7-5-11-23(25)38/h2-17,26,39H,1H3,(H,36,40,41)/p+1. The third-order valence-electron chi connectivity index (χ3n) is 8.19. The molecule has 9 nitrogen and oxygen atoms in total. The molecule has 0 saturated carbocycles. The van der Waals surface area contributed by atoms with E-state index in [9.17, 15) is 19.5 Å². The van der Waals surface area contributed by atoms with E-state index in [0.717, 1.165) is 26.7 Å². The van der Waals surface area contributed by atoms with E-state index in [2.05, 4.69) is 9.98 Å². The molecule has 1 aliphatic carbocycles. The van der Waals surface area contributed by atoms with Crippen molar-refractivity contribution >= 4 is 46.5 Å². The van der Waals surface area contributed by atoms with Gasteiger partial charge in [0.15, 0.2) is 0 Å². The maximum Gasteiger partial charge on any atom is 0.424 e. The van der Waals surface area contributed by atoms with Crippen molar-refractivity contribution in [3.63, 3.8) is 0 Å². The number of para-hydroxylation sites is 2. The van der Waals surface area contributed by atoms with Gasteiger partial charge >= 0.3 is 11.8 Å². The first-order valence-electron chi connectivity index (χ1n) is 13.9. The van der Waals surface area contributed by atoms with Crippen molar-refractivity contribution in [3.05, 3.63) is 146 Å². The Morgan fingerprint density at radius 2 is 1.48 bits per heavy atom. The molecule has 0 saturated heterocycles. The highest BCUT2D eigenvalue weighted by molar-refractivity contribution is 7.99. The summed E-state index contributed by atoms with van der Waals surface area (Å²) in [5, 5.41) is 11.4. The number of ether oxygens (including phenoxy) is 1. The Bertz CT molecular complexity index is 2190. The third-order valence-corrected chi connectivity index (χ3v) is 9.32. The van der Waals surface area contributed by atoms with Gasteiger partial charge in [-0.1, -0.05) is 66.4 Å². The van der Waals surface area contributed by atoms with Crippen LogP contribution >= 0.6 is 11.8 Å². The molecular weight excluding hydrogens is 576 g/mol. The van der Waals surface area contributed by atoms with Crippen LogP contribution in [0.2, 0.25) is 0 Å². The molecule has 5 aromatic rings. The first-order chi connectivity index (χ1) is 21.4. The summed E-state index contributed by atoms with van der Waals surface area (Å²) in [6.45, 7) is 0. The SMILES string of the molecule is Cn1c2c(c(=O)[nH]c1=O)C(c1ccc(OC(=O)N3c4ccccc4Sc4ccccc43)cc1)C1=C(O)c3ccccc3C1=[NH+]2. The van der Waals surface area contributed by atoms with Crippen LogP contribution in [0.1, 0.15) is 28.2 Å². The van der Waals surface area contributed by atoms with Crippen molar-refractivity contribution in [2.75, 3.05) is 4.90 Å². The lowest BCUT2D eigenvalue weighted by molar-refractivity contribution is -0.364. The highest BCUT2D eigenvalue weighted by Gasteiger charge is 2.44. The zero-order valence-electron chi connectivity index (χ0n) is 23.2. The van der Waals surface area contributed by atoms with Gasteiger partial charge in [-0.15, -0.1) is 0 Å². The second-order valence-corrected chi connectivity index (χ2v) is 11.7. The number of carbonyl (C=O) groups excluding carboxylic acids is 1. The van der Waals surface area contributed by atoms with Crippen LogP contribution in [0.25, 0.3) is 5.76 Å². The number of hydrogen-bond donors (Lipinski definition) is 3. The van der Waals surface area contributed by atoms with Gasteiger partial charge in [0.2, 0.25) is 0 Å². The summed E-state index contributed by atoms with van der Waals surface area (Å²) in [5.74, 6) is 0.0185. The molecule has 0 fully saturated rings. The number of aromatic nitrogens is 2. The number of hydrogen-bond acceptors (Lipinski definition) is 6. The third kappa shape index (κ3) is 3.81. The summed E-state index contributed by atoms with van der Waals surface area (Å²) in [7, 11) is 1.58. The van der Waals surface area contributed by atoms with Crippen molar-refractivity contribution < 1.29 is 19.6 Å². The normalized spacial score (nSPS) is 15.9. The summed E-state index contributed by atoms with van der Waals surface area (Å²) in [6.07, 6.45) is -0.557. The minimum atomic E-state index is -0.702. The number of benzene rings is 4. The Kier molecular flexibility index (Phi) is 5.75. The molecule has 0 radical (unpaired) electrons. The van der Waals surface area contributed by atoms with Gasteiger partial charge in [0.25, 0.3) is 11.4 Å². The molecule has 3 N–H and O–H groups in total. The fourth-order valence-corrected chi connectivity index (χ4v) is 7.22. The molecule has 8 rings (SSSR count). The Morgan fingerprint density at radius 3 is 2.16 bits per heavy atom. The van der Waals surface area contributed by atoms with E-state index in [4.69, 9.17) is 4.74 Å². The van der Waals surface area contributed by atoms with Gasteiger partial charge in [-0.2, -0.15) is 4.57 Å². The van der Waals surface area contributed by atoms with Crippen molar-refractivity contribution in [1.82, 2.24) is 9.55 Å². The first-order valence-corrected chi connectivity index (χ1v) is 14.7. The maximum atomic E-state index is 13.6. The number of nitrogens with one attached hydrogen (secondary N) is 2. The molecule has 0 spiro atoms. The van der Waals surface area contributed by atoms with Gasteiger partial charge in [-0.3, -0.25) is 9.78 Å². The Hall–Kier alpha value is -5.61. The molecule has 1 unspecified atom stereocenters. The number of allylic oxidation sites excluding steroid dienone is 1. The lowest BCUT2D eigenvalue weighted by Crippen LogP contribution is -2.72. The summed E-state index contributed by atoms with van der Waals surface area (Å²) < 4.78 is 7.24. The molecular formula is C34H23N4O5S+. The smallest absolute Gasteiger partial charge is 0.424 e. The number of anilines is 2. The Morgan fingerprint density at radius 1 is 0.864 bits per heavy atom. The summed E-state index contributed by atoms with van der Waals surface area (Å²) >= 11 is 1.60. The average molecular weight is 600 g/mol. The molecule has 3 aliphatic rings. The topological polar surface area (TPSA) is 119 Å². The van der Waals surface area contributed by atoms with Crippen LogP contribution < -0.4 is 25.9 Å². The molecule has 214 valence electrons. The van der Waals surface area contributed by atoms with Gasteiger partial charge in [-0.25, -0.2) is 19.5 Å². The molecule has 44 heavy (non-hydrogen) atoms. The second kappa shape index (κ2) is 9.72. The predicted octanol–water partition coefficient (Wildman–Crippen LogP) is 4.50. The molecule has 4 aromatic carbocycles. The summed E-state index contributed by atoms with van der Waals surface area (Å²) in [5.41, 5.74) is 3.92. The highest BCUT2D eigenvalue weighted by atomic mass is 32.2. The van der Waals surface area contributed by atoms with Crippen molar-refractivity contribution in [2.45, 2.75) is 15.7 Å². The summed E-state index contributed by atoms with van der Waals surface area (Å²) in [6, 6.07) is 29.6. The lowest BCUT2D eigenvalue weighted by Gasteiger charge is -2.30. The van der Waals surface area contributed by atoms with Crippen LogP contribution in [0, 0.1) is 0 Å². The Labute approximate surface area is 254 Å². The quantitative estimate of drug-likeness (QED) is 0.275. The van der Waals surface area contributed by atoms with E-state index in [1.54, 1.807) is 48.0 Å². The number of aliphatic hydroxyl groups is 1. The number of nitrogens with zero attached hydrogens (tertiary/aromatic N) is 2. The van der Waals surface area contributed by atoms with Crippen LogP contribution in [-0.2, 0) is 7.05 Å². The number of aromatic amines is 1. The summed E-state index contributed by atoms with van der Waals surface area (Å²) in [4.78, 5) is 48.6. The molecule has 1 amide bonds. The van der Waals surface area contributed by atoms with E-state index in [1.807, 2.05) is 72.8 Å². The van der Waals surface area contributed by atoms with Gasteiger partial charge in [0.1, 0.15) is 22.8 Å². The van der Waals surface area contributed by atoms with Crippen LogP contribution in [0.15, 0.2) is 122 Å². The van der Waals surface area contributed by atoms with E-state index in [1.165, 1.54) is 4.57 Å². The number of rotatable bonds is 2. The molecule has 1 atom stereocenters. The van der Waals surface area contributed by atoms with Crippen LogP contribution in [0.3, 0.4) is 0 Å². The first kappa shape index (κ1) is 26.1. The fourth-order valence-electron chi connectivity index (χ4n) is 6.16. The number of carbonyl (C=O) groups is 1. The monoisotopic (exact) mass is 599 g/mol. The number of H-pyrrole nitrogens is 1. The molecule has 1 aromatic heterocycles. The largest absolute Gasteiger partial charge is 0.507 e. The average Bonchev–Trinajstić information content (AvgIpc) is 3.33. The van der Waals surface area contributed by atoms with E-state index < -0.39 is 23.3 Å². The minimum absolute atomic E-state index is 0.0582.